The second-order valence-corrected chi connectivity index (χ2v) is 14.4. The second-order valence-electron chi connectivity index (χ2n) is 13.0. The van der Waals surface area contributed by atoms with Gasteiger partial charge in [0.1, 0.15) is 41.0 Å². The molecule has 2 aromatic heterocycles. The predicted molar refractivity (Wildman–Crippen MR) is 174 cm³/mol. The summed E-state index contributed by atoms with van der Waals surface area (Å²) in [5.41, 5.74) is 5.55. The molecule has 0 bridgehead atoms. The third-order valence-corrected chi connectivity index (χ3v) is 11.7. The predicted octanol–water partition coefficient (Wildman–Crippen LogP) is 6.35. The summed E-state index contributed by atoms with van der Waals surface area (Å²) in [7, 11) is 0. The maximum atomic E-state index is 17.2. The Morgan fingerprint density at radius 1 is 1.19 bits per heavy atom. The highest BCUT2D eigenvalue weighted by Crippen LogP contribution is 2.51. The zero-order valence-corrected chi connectivity index (χ0v) is 26.9. The average molecular weight is 685 g/mol. The smallest absolute Gasteiger partial charge is 0.319 e. The van der Waals surface area contributed by atoms with E-state index in [1.54, 1.807) is 0 Å². The van der Waals surface area contributed by atoms with Crippen molar-refractivity contribution in [1.29, 1.82) is 5.26 Å². The van der Waals surface area contributed by atoms with Crippen molar-refractivity contribution in [1.82, 2.24) is 14.9 Å². The van der Waals surface area contributed by atoms with Crippen LogP contribution in [0.1, 0.15) is 50.5 Å². The van der Waals surface area contributed by atoms with Gasteiger partial charge in [-0.1, -0.05) is 17.7 Å². The summed E-state index contributed by atoms with van der Waals surface area (Å²) in [6.07, 6.45) is 3.05. The first kappa shape index (κ1) is 30.7. The number of nitrogens with two attached hydrogens (primary N) is 1. The quantitative estimate of drug-likeness (QED) is 0.253. The van der Waals surface area contributed by atoms with Gasteiger partial charge in [-0.2, -0.15) is 15.2 Å². The van der Waals surface area contributed by atoms with Crippen LogP contribution >= 0.6 is 22.9 Å². The van der Waals surface area contributed by atoms with Crippen LogP contribution in [0, 0.1) is 23.0 Å². The highest BCUT2D eigenvalue weighted by atomic mass is 35.5. The average Bonchev–Trinajstić information content (AvgIpc) is 3.64. The molecule has 8 rings (SSSR count). The number of hydrogen-bond donors (Lipinski definition) is 2. The van der Waals surface area contributed by atoms with Crippen LogP contribution in [-0.2, 0) is 0 Å². The Morgan fingerprint density at radius 2 is 2.04 bits per heavy atom. The number of nitrogen functional groups attached to an aromatic ring is 1. The molecule has 4 atom stereocenters. The van der Waals surface area contributed by atoms with Crippen molar-refractivity contribution in [3.63, 3.8) is 0 Å². The minimum atomic E-state index is -0.956. The number of halogens is 4. The molecule has 3 N–H and O–H groups in total. The molecule has 4 aromatic rings. The first-order chi connectivity index (χ1) is 22.7. The topological polar surface area (TPSA) is 121 Å². The number of thiophene rings is 1. The lowest BCUT2D eigenvalue weighted by atomic mass is 9.95. The Labute approximate surface area is 277 Å². The Bertz CT molecular complexity index is 1970. The van der Waals surface area contributed by atoms with Crippen LogP contribution in [0.15, 0.2) is 12.1 Å². The SMILES string of the molecule is N#Cc1c(N)sc2c(F)ccc(-c3c(Cl)c4c5c(nc(OC[C@@]67CCCN6C[C@H](F)C7)nc5c3F)N3CCCCC(O)C3CCO4)c12. The maximum absolute atomic E-state index is 17.2. The summed E-state index contributed by atoms with van der Waals surface area (Å²) in [6.45, 7) is 1.98. The van der Waals surface area contributed by atoms with Gasteiger partial charge in [0.2, 0.25) is 0 Å². The molecule has 4 aliphatic rings. The standard InChI is InChI=1S/C33H32ClF3N6O3S/c34-25-23(17-5-6-19(36)29-22(17)18(13-38)30(39)47-29)26(37)27-24-28(25)45-11-7-20-21(44)4-1-2-10-43(20)31(24)41-32(40-27)46-15-33-8-3-9-42(33)14-16(35)12-33/h5-6,16,20-21,44H,1-4,7-12,14-15,39H2/t16-,20?,21?,33+/m1/s1. The van der Waals surface area contributed by atoms with E-state index in [0.717, 1.165) is 43.6 Å². The molecule has 14 heteroatoms. The first-order valence-electron chi connectivity index (χ1n) is 15.9. The number of fused-ring (bicyclic) bond motifs is 4. The highest BCUT2D eigenvalue weighted by Gasteiger charge is 2.49. The number of nitrogens with zero attached hydrogens (tertiary/aromatic N) is 5. The van der Waals surface area contributed by atoms with E-state index in [4.69, 9.17) is 31.8 Å². The van der Waals surface area contributed by atoms with E-state index in [2.05, 4.69) is 9.88 Å². The van der Waals surface area contributed by atoms with Gasteiger partial charge in [-0.15, -0.1) is 11.3 Å². The first-order valence-corrected chi connectivity index (χ1v) is 17.1. The molecular formula is C33H32ClF3N6O3S. The molecular weight excluding hydrogens is 653 g/mol. The molecule has 0 aliphatic carbocycles. The fourth-order valence-electron chi connectivity index (χ4n) is 8.13. The molecule has 4 aliphatic heterocycles. The van der Waals surface area contributed by atoms with Crippen molar-refractivity contribution in [2.45, 2.75) is 68.8 Å². The summed E-state index contributed by atoms with van der Waals surface area (Å²) >= 11 is 7.94. The van der Waals surface area contributed by atoms with E-state index in [0.29, 0.717) is 38.2 Å². The van der Waals surface area contributed by atoms with Gasteiger partial charge in [0.15, 0.2) is 11.6 Å². The molecule has 0 amide bonds. The zero-order valence-electron chi connectivity index (χ0n) is 25.4. The van der Waals surface area contributed by atoms with Crippen molar-refractivity contribution in [2.24, 2.45) is 0 Å². The summed E-state index contributed by atoms with van der Waals surface area (Å²) in [6, 6.07) is 4.15. The number of aliphatic hydroxyl groups excluding tert-OH is 1. The third-order valence-electron chi connectivity index (χ3n) is 10.3. The molecule has 0 saturated carbocycles. The lowest BCUT2D eigenvalue weighted by Gasteiger charge is -2.36. The van der Waals surface area contributed by atoms with E-state index in [1.807, 2.05) is 11.0 Å². The molecule has 3 saturated heterocycles. The van der Waals surface area contributed by atoms with E-state index in [1.165, 1.54) is 12.1 Å². The maximum Gasteiger partial charge on any atom is 0.319 e. The second kappa shape index (κ2) is 11.5. The lowest BCUT2D eigenvalue weighted by molar-refractivity contribution is 0.107. The fraction of sp³-hybridized carbons (Fsp3) is 0.485. The van der Waals surface area contributed by atoms with Crippen LogP contribution in [0.2, 0.25) is 5.02 Å². The number of benzene rings is 2. The van der Waals surface area contributed by atoms with Gasteiger partial charge >= 0.3 is 6.01 Å². The van der Waals surface area contributed by atoms with Crippen LogP contribution in [0.3, 0.4) is 0 Å². The summed E-state index contributed by atoms with van der Waals surface area (Å²) in [4.78, 5) is 13.5. The number of aromatic nitrogens is 2. The number of nitriles is 1. The van der Waals surface area contributed by atoms with E-state index in [9.17, 15) is 19.1 Å². The van der Waals surface area contributed by atoms with Gasteiger partial charge in [0.05, 0.1) is 45.0 Å². The zero-order chi connectivity index (χ0) is 32.6. The number of alkyl halides is 1. The van der Waals surface area contributed by atoms with Gasteiger partial charge in [-0.25, -0.2) is 13.2 Å². The van der Waals surface area contributed by atoms with Crippen LogP contribution in [0.4, 0.5) is 24.0 Å². The lowest BCUT2D eigenvalue weighted by Crippen LogP contribution is -2.45. The van der Waals surface area contributed by atoms with Crippen molar-refractivity contribution < 1.29 is 27.8 Å². The van der Waals surface area contributed by atoms with Crippen LogP contribution in [0.25, 0.3) is 32.1 Å². The van der Waals surface area contributed by atoms with Crippen molar-refractivity contribution in [2.75, 3.05) is 43.5 Å². The molecule has 2 aromatic carbocycles. The van der Waals surface area contributed by atoms with Crippen LogP contribution in [0.5, 0.6) is 11.8 Å². The number of hydrogen-bond acceptors (Lipinski definition) is 10. The number of ether oxygens (including phenoxy) is 2. The molecule has 246 valence electrons. The van der Waals surface area contributed by atoms with E-state index in [-0.39, 0.29) is 78.7 Å². The minimum Gasteiger partial charge on any atom is -0.491 e. The molecule has 0 radical (unpaired) electrons. The van der Waals surface area contributed by atoms with Crippen molar-refractivity contribution in [3.05, 3.63) is 34.4 Å². The van der Waals surface area contributed by atoms with E-state index >= 15 is 4.39 Å². The Morgan fingerprint density at radius 3 is 2.87 bits per heavy atom. The number of rotatable bonds is 4. The Balaban J connectivity index is 1.36. The van der Waals surface area contributed by atoms with Crippen molar-refractivity contribution in [3.8, 4) is 29.0 Å². The Hall–Kier alpha value is -3.57. The molecule has 47 heavy (non-hydrogen) atoms. The number of aliphatic hydroxyl groups is 1. The molecule has 2 unspecified atom stereocenters. The van der Waals surface area contributed by atoms with Crippen LogP contribution in [-0.4, -0.2) is 76.7 Å². The Kier molecular flexibility index (Phi) is 7.55. The molecule has 3 fully saturated rings. The minimum absolute atomic E-state index is 0.0237. The molecule has 0 spiro atoms. The monoisotopic (exact) mass is 684 g/mol. The summed E-state index contributed by atoms with van der Waals surface area (Å²) in [5, 5.41) is 21.5. The van der Waals surface area contributed by atoms with Crippen molar-refractivity contribution >= 4 is 54.7 Å². The van der Waals surface area contributed by atoms with Crippen LogP contribution < -0.4 is 20.1 Å². The van der Waals surface area contributed by atoms with Gasteiger partial charge in [0.25, 0.3) is 0 Å². The summed E-state index contributed by atoms with van der Waals surface area (Å²) in [5.74, 6) is -0.952. The fourth-order valence-corrected chi connectivity index (χ4v) is 9.41. The molecule has 9 nitrogen and oxygen atoms in total. The number of anilines is 2. The largest absolute Gasteiger partial charge is 0.491 e. The third kappa shape index (κ3) is 4.78. The van der Waals surface area contributed by atoms with Gasteiger partial charge < -0.3 is 25.2 Å². The molecule has 6 heterocycles. The van der Waals surface area contributed by atoms with E-state index < -0.39 is 29.4 Å². The normalized spacial score (nSPS) is 26.0. The van der Waals surface area contributed by atoms with Gasteiger partial charge in [-0.05, 0) is 50.3 Å². The van der Waals surface area contributed by atoms with Gasteiger partial charge in [0, 0.05) is 36.9 Å². The summed E-state index contributed by atoms with van der Waals surface area (Å²) < 4.78 is 59.3. The van der Waals surface area contributed by atoms with Gasteiger partial charge in [-0.3, -0.25) is 4.90 Å². The highest BCUT2D eigenvalue weighted by molar-refractivity contribution is 7.23.